The highest BCUT2D eigenvalue weighted by Gasteiger charge is 2.10. The quantitative estimate of drug-likeness (QED) is 0.251. The minimum absolute atomic E-state index is 0.150. The van der Waals surface area contributed by atoms with Gasteiger partial charge in [-0.2, -0.15) is 5.26 Å². The molecule has 166 valence electrons. The molecule has 4 rings (SSSR count). The van der Waals surface area contributed by atoms with Crippen LogP contribution in [0.15, 0.2) is 72.9 Å². The molecule has 1 aromatic heterocycles. The van der Waals surface area contributed by atoms with Gasteiger partial charge < -0.3 is 0 Å². The number of aryl methyl sites for hydroxylation is 3. The van der Waals surface area contributed by atoms with Crippen LogP contribution in [0.3, 0.4) is 0 Å². The largest absolute Gasteiger partial charge is 0.256 e. The smallest absolute Gasteiger partial charge is 0.134 e. The Morgan fingerprint density at radius 1 is 0.818 bits per heavy atom. The second-order valence-electron chi connectivity index (χ2n) is 8.65. The molecular formula is C30H29FN2. The fourth-order valence-corrected chi connectivity index (χ4v) is 4.21. The third kappa shape index (κ3) is 5.65. The fraction of sp³-hybridized carbons (Fsp3) is 0.267. The first kappa shape index (κ1) is 22.7. The highest BCUT2D eigenvalue weighted by Crippen LogP contribution is 2.27. The molecule has 0 spiro atoms. The van der Waals surface area contributed by atoms with Crippen LogP contribution in [0, 0.1) is 17.1 Å². The predicted molar refractivity (Wildman–Crippen MR) is 134 cm³/mol. The van der Waals surface area contributed by atoms with Crippen molar-refractivity contribution >= 4 is 10.8 Å². The van der Waals surface area contributed by atoms with Gasteiger partial charge in [-0.25, -0.2) is 4.39 Å². The number of rotatable bonds is 9. The zero-order valence-corrected chi connectivity index (χ0v) is 19.2. The van der Waals surface area contributed by atoms with Crippen molar-refractivity contribution in [3.8, 4) is 17.3 Å². The molecule has 33 heavy (non-hydrogen) atoms. The van der Waals surface area contributed by atoms with E-state index < -0.39 is 0 Å². The maximum Gasteiger partial charge on any atom is 0.134 e. The van der Waals surface area contributed by atoms with E-state index in [1.54, 1.807) is 12.1 Å². The summed E-state index contributed by atoms with van der Waals surface area (Å²) >= 11 is 0. The number of fused-ring (bicyclic) bond motifs is 1. The zero-order valence-electron chi connectivity index (χ0n) is 19.2. The van der Waals surface area contributed by atoms with Crippen molar-refractivity contribution in [3.05, 3.63) is 101 Å². The number of hydrogen-bond donors (Lipinski definition) is 0. The van der Waals surface area contributed by atoms with Crippen LogP contribution in [0.2, 0.25) is 0 Å². The summed E-state index contributed by atoms with van der Waals surface area (Å²) in [6, 6.07) is 23.6. The third-order valence-corrected chi connectivity index (χ3v) is 6.24. The molecule has 0 saturated carbocycles. The Morgan fingerprint density at radius 3 is 2.36 bits per heavy atom. The predicted octanol–water partition coefficient (Wildman–Crippen LogP) is 7.82. The van der Waals surface area contributed by atoms with Gasteiger partial charge in [-0.05, 0) is 72.0 Å². The van der Waals surface area contributed by atoms with E-state index in [4.69, 9.17) is 5.26 Å². The molecule has 0 radical (unpaired) electrons. The van der Waals surface area contributed by atoms with Gasteiger partial charge in [0.2, 0.25) is 0 Å². The average Bonchev–Trinajstić information content (AvgIpc) is 2.87. The number of nitrogens with zero attached hydrogens (tertiary/aromatic N) is 2. The summed E-state index contributed by atoms with van der Waals surface area (Å²) in [6.45, 7) is 2.23. The second-order valence-corrected chi connectivity index (χ2v) is 8.65. The molecule has 0 aliphatic carbocycles. The summed E-state index contributed by atoms with van der Waals surface area (Å²) in [6.07, 6.45) is 9.41. The number of halogens is 1. The molecular weight excluding hydrogens is 407 g/mol. The van der Waals surface area contributed by atoms with Gasteiger partial charge in [0.25, 0.3) is 0 Å². The average molecular weight is 437 g/mol. The second kappa shape index (κ2) is 10.9. The summed E-state index contributed by atoms with van der Waals surface area (Å²) < 4.78 is 15.2. The van der Waals surface area contributed by atoms with E-state index in [-0.39, 0.29) is 5.82 Å². The van der Waals surface area contributed by atoms with Crippen LogP contribution in [-0.2, 0) is 19.3 Å². The Balaban J connectivity index is 1.46. The van der Waals surface area contributed by atoms with Gasteiger partial charge in [0.1, 0.15) is 5.82 Å². The summed E-state index contributed by atoms with van der Waals surface area (Å²) in [5, 5.41) is 10.5. The van der Waals surface area contributed by atoms with Crippen LogP contribution in [0.5, 0.6) is 0 Å². The Hall–Kier alpha value is -3.51. The van der Waals surface area contributed by atoms with Gasteiger partial charge in [0, 0.05) is 17.1 Å². The normalized spacial score (nSPS) is 10.9. The lowest BCUT2D eigenvalue weighted by Crippen LogP contribution is -1.96. The maximum atomic E-state index is 15.2. The SMILES string of the molecule is CCCCCCc1ccc(-c2ccc3c(F)c(CCc4ccc(C#N)cc4)ccc3c2)nc1. The number of aromatic nitrogens is 1. The Labute approximate surface area is 195 Å². The molecule has 0 bridgehead atoms. The van der Waals surface area contributed by atoms with E-state index in [2.05, 4.69) is 30.1 Å². The first-order valence-corrected chi connectivity index (χ1v) is 11.8. The standard InChI is InChI=1S/C30H29FN2/c1-2-3-4-5-6-24-12-18-29(33-21-24)27-16-17-28-26(19-27)15-14-25(30(28)31)13-11-22-7-9-23(20-32)10-8-22/h7-10,12,14-19,21H,2-6,11,13H2,1H3. The number of pyridine rings is 1. The van der Waals surface area contributed by atoms with Crippen molar-refractivity contribution in [2.24, 2.45) is 0 Å². The van der Waals surface area contributed by atoms with Gasteiger partial charge in [-0.15, -0.1) is 0 Å². The van der Waals surface area contributed by atoms with Crippen LogP contribution in [0.4, 0.5) is 4.39 Å². The highest BCUT2D eigenvalue weighted by molar-refractivity contribution is 5.88. The molecule has 2 nitrogen and oxygen atoms in total. The molecule has 3 aromatic carbocycles. The van der Waals surface area contributed by atoms with Crippen LogP contribution in [0.25, 0.3) is 22.0 Å². The monoisotopic (exact) mass is 436 g/mol. The van der Waals surface area contributed by atoms with Crippen molar-refractivity contribution in [2.75, 3.05) is 0 Å². The molecule has 0 aliphatic rings. The van der Waals surface area contributed by atoms with Gasteiger partial charge >= 0.3 is 0 Å². The van der Waals surface area contributed by atoms with E-state index in [1.165, 1.54) is 31.2 Å². The molecule has 0 unspecified atom stereocenters. The minimum atomic E-state index is -0.150. The van der Waals surface area contributed by atoms with E-state index in [0.29, 0.717) is 22.9 Å². The van der Waals surface area contributed by atoms with E-state index in [1.807, 2.05) is 48.7 Å². The molecule has 3 heteroatoms. The van der Waals surface area contributed by atoms with Crippen LogP contribution < -0.4 is 0 Å². The molecule has 0 fully saturated rings. The van der Waals surface area contributed by atoms with Crippen LogP contribution >= 0.6 is 0 Å². The maximum absolute atomic E-state index is 15.2. The third-order valence-electron chi connectivity index (χ3n) is 6.24. The summed E-state index contributed by atoms with van der Waals surface area (Å²) in [7, 11) is 0. The van der Waals surface area contributed by atoms with Gasteiger partial charge in [-0.3, -0.25) is 4.98 Å². The first-order valence-electron chi connectivity index (χ1n) is 11.8. The van der Waals surface area contributed by atoms with Gasteiger partial charge in [-0.1, -0.05) is 68.7 Å². The Kier molecular flexibility index (Phi) is 7.47. The Bertz CT molecular complexity index is 1250. The molecule has 0 saturated heterocycles. The molecule has 0 aliphatic heterocycles. The zero-order chi connectivity index (χ0) is 23.0. The van der Waals surface area contributed by atoms with Crippen molar-refractivity contribution < 1.29 is 4.39 Å². The number of hydrogen-bond acceptors (Lipinski definition) is 2. The molecule has 0 N–H and O–H groups in total. The van der Waals surface area contributed by atoms with Gasteiger partial charge in [0.05, 0.1) is 17.3 Å². The van der Waals surface area contributed by atoms with Crippen molar-refractivity contribution in [1.82, 2.24) is 4.98 Å². The van der Waals surface area contributed by atoms with E-state index in [9.17, 15) is 0 Å². The van der Waals surface area contributed by atoms with Crippen molar-refractivity contribution in [3.63, 3.8) is 0 Å². The molecule has 4 aromatic rings. The number of benzene rings is 3. The van der Waals surface area contributed by atoms with Crippen molar-refractivity contribution in [2.45, 2.75) is 51.9 Å². The van der Waals surface area contributed by atoms with Crippen molar-refractivity contribution in [1.29, 1.82) is 5.26 Å². The fourth-order valence-electron chi connectivity index (χ4n) is 4.21. The van der Waals surface area contributed by atoms with Crippen LogP contribution in [-0.4, -0.2) is 4.98 Å². The highest BCUT2D eigenvalue weighted by atomic mass is 19.1. The lowest BCUT2D eigenvalue weighted by Gasteiger charge is -2.09. The lowest BCUT2D eigenvalue weighted by atomic mass is 9.98. The lowest BCUT2D eigenvalue weighted by molar-refractivity contribution is 0.620. The first-order chi connectivity index (χ1) is 16.2. The summed E-state index contributed by atoms with van der Waals surface area (Å²) in [5.41, 5.74) is 5.65. The summed E-state index contributed by atoms with van der Waals surface area (Å²) in [5.74, 6) is -0.150. The number of nitriles is 1. The van der Waals surface area contributed by atoms with Crippen LogP contribution in [0.1, 0.15) is 54.9 Å². The minimum Gasteiger partial charge on any atom is -0.256 e. The number of unbranched alkanes of at least 4 members (excludes halogenated alkanes) is 3. The summed E-state index contributed by atoms with van der Waals surface area (Å²) in [4.78, 5) is 4.66. The van der Waals surface area contributed by atoms with E-state index >= 15 is 4.39 Å². The molecule has 0 amide bonds. The Morgan fingerprint density at radius 2 is 1.64 bits per heavy atom. The van der Waals surface area contributed by atoms with E-state index in [0.717, 1.165) is 35.0 Å². The molecule has 1 heterocycles. The topological polar surface area (TPSA) is 36.7 Å². The molecule has 0 atom stereocenters. The van der Waals surface area contributed by atoms with Gasteiger partial charge in [0.15, 0.2) is 0 Å².